The molecule has 0 atom stereocenters. The predicted octanol–water partition coefficient (Wildman–Crippen LogP) is 1.29. The van der Waals surface area contributed by atoms with Crippen LogP contribution in [-0.4, -0.2) is 40.3 Å². The molecule has 1 aromatic heterocycles. The average molecular weight is 289 g/mol. The van der Waals surface area contributed by atoms with Crippen molar-refractivity contribution < 1.29 is 9.72 Å². The molecule has 21 heavy (non-hydrogen) atoms. The number of nitro groups is 1. The number of nitriles is 1. The van der Waals surface area contributed by atoms with Crippen LogP contribution in [-0.2, 0) is 4.79 Å². The molecule has 1 N–H and O–H groups in total. The van der Waals surface area contributed by atoms with E-state index < -0.39 is 4.92 Å². The van der Waals surface area contributed by atoms with Gasteiger partial charge in [0.15, 0.2) is 0 Å². The van der Waals surface area contributed by atoms with Gasteiger partial charge in [0.25, 0.3) is 0 Å². The van der Waals surface area contributed by atoms with Gasteiger partial charge in [-0.3, -0.25) is 14.9 Å². The van der Waals surface area contributed by atoms with Crippen molar-refractivity contribution in [3.05, 3.63) is 27.9 Å². The summed E-state index contributed by atoms with van der Waals surface area (Å²) in [5.41, 5.74) is -0.610. The lowest BCUT2D eigenvalue weighted by Crippen LogP contribution is -2.39. The molecule has 0 aliphatic carbocycles. The van der Waals surface area contributed by atoms with Gasteiger partial charge in [-0.25, -0.2) is 4.98 Å². The van der Waals surface area contributed by atoms with E-state index in [2.05, 4.69) is 10.3 Å². The standard InChI is InChI=1S/C13H15N5O3/c14-8-10-11(18(20)21)4-5-12(16-10)15-9-13(19)17-6-2-1-3-7-17/h4-5H,1-3,6-7,9H2,(H,15,16). The Labute approximate surface area is 121 Å². The number of carbonyl (C=O) groups excluding carboxylic acids is 1. The summed E-state index contributed by atoms with van der Waals surface area (Å²) in [4.78, 5) is 27.6. The highest BCUT2D eigenvalue weighted by atomic mass is 16.6. The first-order valence-corrected chi connectivity index (χ1v) is 6.69. The Balaban J connectivity index is 1.98. The number of anilines is 1. The molecule has 0 unspecified atom stereocenters. The van der Waals surface area contributed by atoms with Crippen molar-refractivity contribution in [1.82, 2.24) is 9.88 Å². The second-order valence-corrected chi connectivity index (χ2v) is 4.73. The molecule has 110 valence electrons. The zero-order valence-corrected chi connectivity index (χ0v) is 11.4. The van der Waals surface area contributed by atoms with E-state index in [-0.39, 0.29) is 29.7 Å². The number of nitrogens with zero attached hydrogens (tertiary/aromatic N) is 4. The van der Waals surface area contributed by atoms with E-state index in [4.69, 9.17) is 5.26 Å². The monoisotopic (exact) mass is 289 g/mol. The Hall–Kier alpha value is -2.69. The van der Waals surface area contributed by atoms with Crippen molar-refractivity contribution in [2.24, 2.45) is 0 Å². The van der Waals surface area contributed by atoms with Gasteiger partial charge in [0.2, 0.25) is 11.6 Å². The molecule has 8 heteroatoms. The molecule has 0 radical (unpaired) electrons. The number of piperidine rings is 1. The Morgan fingerprint density at radius 2 is 2.14 bits per heavy atom. The van der Waals surface area contributed by atoms with Crippen molar-refractivity contribution in [1.29, 1.82) is 5.26 Å². The summed E-state index contributed by atoms with van der Waals surface area (Å²) in [6.45, 7) is 1.59. The summed E-state index contributed by atoms with van der Waals surface area (Å²) < 4.78 is 0. The fraction of sp³-hybridized carbons (Fsp3) is 0.462. The largest absolute Gasteiger partial charge is 0.361 e. The molecule has 0 saturated carbocycles. The fourth-order valence-electron chi connectivity index (χ4n) is 2.20. The quantitative estimate of drug-likeness (QED) is 0.660. The van der Waals surface area contributed by atoms with Crippen molar-refractivity contribution in [2.75, 3.05) is 25.0 Å². The first-order chi connectivity index (χ1) is 10.1. The molecule has 1 fully saturated rings. The van der Waals surface area contributed by atoms with Crippen molar-refractivity contribution >= 4 is 17.4 Å². The van der Waals surface area contributed by atoms with Crippen molar-refractivity contribution in [3.8, 4) is 6.07 Å². The fourth-order valence-corrected chi connectivity index (χ4v) is 2.20. The van der Waals surface area contributed by atoms with Gasteiger partial charge in [-0.15, -0.1) is 0 Å². The molecule has 1 aliphatic heterocycles. The smallest absolute Gasteiger partial charge is 0.305 e. The number of rotatable bonds is 4. The van der Waals surface area contributed by atoms with Crippen LogP contribution in [0.4, 0.5) is 11.5 Å². The molecule has 1 amide bonds. The SMILES string of the molecule is N#Cc1nc(NCC(=O)N2CCCCC2)ccc1[N+](=O)[O-]. The molecule has 0 aromatic carbocycles. The van der Waals surface area contributed by atoms with Crippen LogP contribution in [0.25, 0.3) is 0 Å². The second kappa shape index (κ2) is 6.65. The molecule has 8 nitrogen and oxygen atoms in total. The van der Waals surface area contributed by atoms with Gasteiger partial charge in [0.05, 0.1) is 11.5 Å². The summed E-state index contributed by atoms with van der Waals surface area (Å²) in [7, 11) is 0. The first-order valence-electron chi connectivity index (χ1n) is 6.69. The predicted molar refractivity (Wildman–Crippen MR) is 74.5 cm³/mol. The summed E-state index contributed by atoms with van der Waals surface area (Å²) >= 11 is 0. The third-order valence-electron chi connectivity index (χ3n) is 3.31. The van der Waals surface area contributed by atoms with Crippen LogP contribution in [0.1, 0.15) is 25.0 Å². The number of hydrogen-bond acceptors (Lipinski definition) is 6. The minimum absolute atomic E-state index is 0.0339. The van der Waals surface area contributed by atoms with Gasteiger partial charge in [0, 0.05) is 19.2 Å². The highest BCUT2D eigenvalue weighted by molar-refractivity contribution is 5.80. The lowest BCUT2D eigenvalue weighted by Gasteiger charge is -2.26. The molecule has 1 aliphatic rings. The molecule has 2 heterocycles. The number of carbonyl (C=O) groups is 1. The van der Waals surface area contributed by atoms with Crippen molar-refractivity contribution in [2.45, 2.75) is 19.3 Å². The minimum atomic E-state index is -0.659. The number of aromatic nitrogens is 1. The number of amides is 1. The first kappa shape index (κ1) is 14.7. The number of likely N-dealkylation sites (tertiary alicyclic amines) is 1. The Kier molecular flexibility index (Phi) is 4.66. The van der Waals surface area contributed by atoms with Gasteiger partial charge in [-0.2, -0.15) is 5.26 Å². The highest BCUT2D eigenvalue weighted by Gasteiger charge is 2.18. The molecular formula is C13H15N5O3. The molecule has 2 rings (SSSR count). The van der Waals surface area contributed by atoms with Crippen LogP contribution in [0.3, 0.4) is 0 Å². The van der Waals surface area contributed by atoms with Crippen LogP contribution in [0.5, 0.6) is 0 Å². The van der Waals surface area contributed by atoms with E-state index in [1.165, 1.54) is 12.1 Å². The Morgan fingerprint density at radius 1 is 1.43 bits per heavy atom. The van der Waals surface area contributed by atoms with Crippen LogP contribution in [0, 0.1) is 21.4 Å². The van der Waals surface area contributed by atoms with E-state index in [9.17, 15) is 14.9 Å². The highest BCUT2D eigenvalue weighted by Crippen LogP contribution is 2.18. The van der Waals surface area contributed by atoms with Gasteiger partial charge >= 0.3 is 5.69 Å². The van der Waals surface area contributed by atoms with Crippen LogP contribution >= 0.6 is 0 Å². The summed E-state index contributed by atoms with van der Waals surface area (Å²) in [6.07, 6.45) is 3.17. The number of pyridine rings is 1. The van der Waals surface area contributed by atoms with Gasteiger partial charge < -0.3 is 10.2 Å². The second-order valence-electron chi connectivity index (χ2n) is 4.73. The van der Waals surface area contributed by atoms with Gasteiger partial charge in [0.1, 0.15) is 11.9 Å². The van der Waals surface area contributed by atoms with E-state index in [1.54, 1.807) is 11.0 Å². The van der Waals surface area contributed by atoms with E-state index >= 15 is 0 Å². The van der Waals surface area contributed by atoms with Gasteiger partial charge in [-0.05, 0) is 25.3 Å². The number of hydrogen-bond donors (Lipinski definition) is 1. The maximum absolute atomic E-state index is 12.0. The molecule has 1 saturated heterocycles. The average Bonchev–Trinajstić information content (AvgIpc) is 2.52. The Bertz CT molecular complexity index is 590. The van der Waals surface area contributed by atoms with Crippen LogP contribution in [0.2, 0.25) is 0 Å². The zero-order valence-electron chi connectivity index (χ0n) is 11.4. The molecule has 0 spiro atoms. The maximum atomic E-state index is 12.0. The molecular weight excluding hydrogens is 274 g/mol. The zero-order chi connectivity index (χ0) is 15.2. The van der Waals surface area contributed by atoms with Crippen LogP contribution in [0.15, 0.2) is 12.1 Å². The van der Waals surface area contributed by atoms with Gasteiger partial charge in [-0.1, -0.05) is 0 Å². The lowest BCUT2D eigenvalue weighted by molar-refractivity contribution is -0.385. The summed E-state index contributed by atoms with van der Waals surface area (Å²) in [5.74, 6) is 0.246. The minimum Gasteiger partial charge on any atom is -0.361 e. The third-order valence-corrected chi connectivity index (χ3v) is 3.31. The maximum Gasteiger partial charge on any atom is 0.305 e. The lowest BCUT2D eigenvalue weighted by atomic mass is 10.1. The normalized spacial score (nSPS) is 14.3. The third kappa shape index (κ3) is 3.66. The molecule has 1 aromatic rings. The van der Waals surface area contributed by atoms with E-state index in [1.807, 2.05) is 0 Å². The topological polar surface area (TPSA) is 112 Å². The van der Waals surface area contributed by atoms with Crippen molar-refractivity contribution in [3.63, 3.8) is 0 Å². The van der Waals surface area contributed by atoms with E-state index in [0.717, 1.165) is 32.4 Å². The molecule has 0 bridgehead atoms. The number of nitrogens with one attached hydrogen (secondary N) is 1. The summed E-state index contributed by atoms with van der Waals surface area (Å²) in [6, 6.07) is 4.28. The van der Waals surface area contributed by atoms with Crippen LogP contribution < -0.4 is 5.32 Å². The summed E-state index contributed by atoms with van der Waals surface area (Å²) in [5, 5.41) is 22.4. The van der Waals surface area contributed by atoms with E-state index in [0.29, 0.717) is 0 Å². The Morgan fingerprint density at radius 3 is 2.76 bits per heavy atom.